The minimum Gasteiger partial charge on any atom is -0.384 e. The van der Waals surface area contributed by atoms with Gasteiger partial charge in [0.1, 0.15) is 5.82 Å². The molecule has 1 aromatic heterocycles. The molecule has 204 valence electrons. The van der Waals surface area contributed by atoms with Crippen molar-refractivity contribution < 1.29 is 5.11 Å². The maximum atomic E-state index is 12.6. The third kappa shape index (κ3) is 6.39. The number of hydrogen-bond donors (Lipinski definition) is 1. The van der Waals surface area contributed by atoms with Crippen LogP contribution in [0.2, 0.25) is 0 Å². The third-order valence-electron chi connectivity index (χ3n) is 8.35. The van der Waals surface area contributed by atoms with E-state index in [1.54, 1.807) is 0 Å². The molecule has 2 aliphatic rings. The average molecular weight is 587 g/mol. The average Bonchev–Trinajstić information content (AvgIpc) is 3.11. The van der Waals surface area contributed by atoms with E-state index in [9.17, 15) is 5.11 Å². The van der Waals surface area contributed by atoms with E-state index in [4.69, 9.17) is 4.98 Å². The van der Waals surface area contributed by atoms with Gasteiger partial charge >= 0.3 is 0 Å². The van der Waals surface area contributed by atoms with Crippen molar-refractivity contribution in [3.05, 3.63) is 105 Å². The number of anilines is 1. The van der Waals surface area contributed by atoms with Crippen LogP contribution in [0.3, 0.4) is 0 Å². The van der Waals surface area contributed by atoms with Crippen LogP contribution in [0, 0.1) is 5.92 Å². The minimum atomic E-state index is -1.08. The van der Waals surface area contributed by atoms with E-state index in [0.717, 1.165) is 59.1 Å². The number of piperidine rings is 1. The van der Waals surface area contributed by atoms with Gasteiger partial charge in [0.15, 0.2) is 0 Å². The van der Waals surface area contributed by atoms with E-state index < -0.39 is 5.60 Å². The highest BCUT2D eigenvalue weighted by molar-refractivity contribution is 9.11. The van der Waals surface area contributed by atoms with Crippen molar-refractivity contribution in [2.45, 2.75) is 50.5 Å². The molecule has 5 rings (SSSR count). The molecule has 4 nitrogen and oxygen atoms in total. The Bertz CT molecular complexity index is 1330. The summed E-state index contributed by atoms with van der Waals surface area (Å²) in [7, 11) is 4.13. The first-order valence-electron chi connectivity index (χ1n) is 14.2. The normalized spacial score (nSPS) is 19.4. The first-order chi connectivity index (χ1) is 18.8. The highest BCUT2D eigenvalue weighted by atomic mass is 79.9. The minimum absolute atomic E-state index is 0.219. The molecule has 1 aliphatic carbocycles. The number of aromatic nitrogens is 1. The van der Waals surface area contributed by atoms with E-state index in [1.165, 1.54) is 24.0 Å². The maximum Gasteiger partial charge on any atom is 0.132 e. The lowest BCUT2D eigenvalue weighted by molar-refractivity contribution is -0.00782. The van der Waals surface area contributed by atoms with Gasteiger partial charge in [-0.25, -0.2) is 4.98 Å². The topological polar surface area (TPSA) is 39.6 Å². The molecule has 0 amide bonds. The van der Waals surface area contributed by atoms with Gasteiger partial charge in [-0.05, 0) is 90.5 Å². The zero-order valence-corrected chi connectivity index (χ0v) is 25.0. The summed E-state index contributed by atoms with van der Waals surface area (Å²) in [5, 5.41) is 12.6. The van der Waals surface area contributed by atoms with Gasteiger partial charge in [-0.3, -0.25) is 0 Å². The van der Waals surface area contributed by atoms with Gasteiger partial charge in [0, 0.05) is 42.0 Å². The van der Waals surface area contributed by atoms with Gasteiger partial charge in [0.25, 0.3) is 0 Å². The number of fused-ring (bicyclic) bond motifs is 1. The van der Waals surface area contributed by atoms with Crippen molar-refractivity contribution in [1.82, 2.24) is 9.88 Å². The lowest BCUT2D eigenvalue weighted by atomic mass is 9.74. The van der Waals surface area contributed by atoms with Crippen molar-refractivity contribution >= 4 is 27.8 Å². The van der Waals surface area contributed by atoms with Gasteiger partial charge in [-0.15, -0.1) is 5.73 Å². The summed E-state index contributed by atoms with van der Waals surface area (Å²) in [6.45, 7) is 5.15. The second kappa shape index (κ2) is 12.2. The van der Waals surface area contributed by atoms with Crippen LogP contribution in [0.5, 0.6) is 0 Å². The van der Waals surface area contributed by atoms with E-state index in [1.807, 2.05) is 18.2 Å². The second-order valence-electron chi connectivity index (χ2n) is 11.6. The first-order valence-corrected chi connectivity index (χ1v) is 15.0. The third-order valence-corrected chi connectivity index (χ3v) is 8.90. The Balaban J connectivity index is 1.66. The molecule has 2 unspecified atom stereocenters. The molecule has 3 aromatic rings. The van der Waals surface area contributed by atoms with Crippen LogP contribution in [0.15, 0.2) is 76.9 Å². The van der Waals surface area contributed by atoms with Crippen LogP contribution in [0.25, 0.3) is 6.08 Å². The van der Waals surface area contributed by atoms with Gasteiger partial charge in [0.05, 0.1) is 11.3 Å². The maximum absolute atomic E-state index is 12.6. The van der Waals surface area contributed by atoms with Crippen LogP contribution in [-0.4, -0.2) is 48.7 Å². The second-order valence-corrected chi connectivity index (χ2v) is 12.5. The molecule has 0 spiro atoms. The molecule has 1 aliphatic heterocycles. The van der Waals surface area contributed by atoms with Crippen LogP contribution < -0.4 is 4.90 Å². The first kappa shape index (κ1) is 27.9. The summed E-state index contributed by atoms with van der Waals surface area (Å²) < 4.78 is 0.961. The smallest absolute Gasteiger partial charge is 0.132 e. The fourth-order valence-corrected chi connectivity index (χ4v) is 6.38. The molecular weight excluding hydrogens is 546 g/mol. The predicted molar refractivity (Wildman–Crippen MR) is 165 cm³/mol. The fraction of sp³-hybridized carbons (Fsp3) is 0.412. The molecule has 39 heavy (non-hydrogen) atoms. The van der Waals surface area contributed by atoms with Gasteiger partial charge in [0.2, 0.25) is 0 Å². The van der Waals surface area contributed by atoms with Crippen molar-refractivity contribution in [3.8, 4) is 0 Å². The highest BCUT2D eigenvalue weighted by Crippen LogP contribution is 2.47. The molecular formula is C34H40BrN3O. The number of allylic oxidation sites excluding steroid dienone is 1. The van der Waals surface area contributed by atoms with Crippen molar-refractivity contribution in [3.63, 3.8) is 0 Å². The van der Waals surface area contributed by atoms with E-state index in [-0.39, 0.29) is 5.92 Å². The Hall–Kier alpha value is -2.69. The van der Waals surface area contributed by atoms with Crippen molar-refractivity contribution in [2.75, 3.05) is 38.6 Å². The monoisotopic (exact) mass is 585 g/mol. The molecule has 5 heteroatoms. The van der Waals surface area contributed by atoms with Crippen LogP contribution in [0.4, 0.5) is 5.82 Å². The molecule has 2 aromatic carbocycles. The number of hydrogen-bond acceptors (Lipinski definition) is 4. The molecule has 0 bridgehead atoms. The van der Waals surface area contributed by atoms with Crippen molar-refractivity contribution in [1.29, 1.82) is 0 Å². The number of benzene rings is 2. The highest BCUT2D eigenvalue weighted by Gasteiger charge is 2.42. The lowest BCUT2D eigenvalue weighted by Gasteiger charge is -2.39. The van der Waals surface area contributed by atoms with Crippen LogP contribution >= 0.6 is 15.9 Å². The predicted octanol–water partition coefficient (Wildman–Crippen LogP) is 7.13. The summed E-state index contributed by atoms with van der Waals surface area (Å²) in [6, 6.07) is 23.1. The molecule has 1 fully saturated rings. The van der Waals surface area contributed by atoms with E-state index in [2.05, 4.69) is 107 Å². The molecule has 1 N–H and O–H groups in total. The van der Waals surface area contributed by atoms with Gasteiger partial charge in [-0.1, -0.05) is 67.6 Å². The van der Waals surface area contributed by atoms with Crippen LogP contribution in [-0.2, 0) is 12.0 Å². The summed E-state index contributed by atoms with van der Waals surface area (Å²) in [5.41, 5.74) is 7.84. The number of halogens is 1. The SMILES string of the molecule is CC1CCN(c2nc3c(cc2Cc2ccccc2)C=C=C(Br)CC3C(O)(CCN(C)C)c2ccccc2)CC1. The standard InChI is InChI=1S/C34H40BrN3O/c1-25-16-19-38(20-17-25)33-28(22-26-10-6-4-7-11-26)23-27-14-15-30(35)24-31(32(27)36-33)34(39,18-21-37(2)3)29-12-8-5-9-13-29/h4-14,23,25,31,39H,16-22,24H2,1-3H3. The fourth-order valence-electron chi connectivity index (χ4n) is 5.94. The Morgan fingerprint density at radius 3 is 2.38 bits per heavy atom. The lowest BCUT2D eigenvalue weighted by Crippen LogP contribution is -2.38. The van der Waals surface area contributed by atoms with Gasteiger partial charge in [-0.2, -0.15) is 0 Å². The van der Waals surface area contributed by atoms with E-state index >= 15 is 0 Å². The van der Waals surface area contributed by atoms with E-state index in [0.29, 0.717) is 12.8 Å². The molecule has 2 atom stereocenters. The summed E-state index contributed by atoms with van der Waals surface area (Å²) in [6.07, 6.45) is 6.49. The largest absolute Gasteiger partial charge is 0.384 e. The zero-order valence-electron chi connectivity index (χ0n) is 23.4. The number of rotatable bonds is 8. The summed E-state index contributed by atoms with van der Waals surface area (Å²) >= 11 is 3.77. The molecule has 0 radical (unpaired) electrons. The number of pyridine rings is 1. The molecule has 0 saturated carbocycles. The summed E-state index contributed by atoms with van der Waals surface area (Å²) in [4.78, 5) is 10.1. The summed E-state index contributed by atoms with van der Waals surface area (Å²) in [5.74, 6) is 1.59. The number of nitrogens with zero attached hydrogens (tertiary/aromatic N) is 3. The Morgan fingerprint density at radius 1 is 1.05 bits per heavy atom. The van der Waals surface area contributed by atoms with Crippen LogP contribution in [0.1, 0.15) is 66.5 Å². The van der Waals surface area contributed by atoms with Crippen molar-refractivity contribution in [2.24, 2.45) is 5.92 Å². The van der Waals surface area contributed by atoms with Gasteiger partial charge < -0.3 is 14.9 Å². The quantitative estimate of drug-likeness (QED) is 0.285. The zero-order chi connectivity index (χ0) is 27.4. The molecule has 1 saturated heterocycles. The Labute approximate surface area is 242 Å². The Kier molecular flexibility index (Phi) is 8.73. The number of aliphatic hydroxyl groups is 1. The Morgan fingerprint density at radius 2 is 1.72 bits per heavy atom. The molecule has 2 heterocycles.